The van der Waals surface area contributed by atoms with E-state index in [1.54, 1.807) is 24.3 Å². The summed E-state index contributed by atoms with van der Waals surface area (Å²) in [5.74, 6) is -3.62. The van der Waals surface area contributed by atoms with E-state index in [4.69, 9.17) is 15.7 Å². The van der Waals surface area contributed by atoms with Crippen LogP contribution in [0.1, 0.15) is 61.9 Å². The number of carbonyl (C=O) groups is 1. The van der Waals surface area contributed by atoms with Crippen LogP contribution in [0.4, 0.5) is 14.5 Å². The number of benzene rings is 3. The summed E-state index contributed by atoms with van der Waals surface area (Å²) in [4.78, 5) is 22.7. The van der Waals surface area contributed by atoms with E-state index in [9.17, 15) is 13.6 Å². The Morgan fingerprint density at radius 2 is 1.76 bits per heavy atom. The van der Waals surface area contributed by atoms with E-state index < -0.39 is 55.7 Å². The number of carbonyl (C=O) groups excluding carboxylic acids is 1. The quantitative estimate of drug-likeness (QED) is 0.458. The maximum Gasteiger partial charge on any atom is 0.257 e. The van der Waals surface area contributed by atoms with Gasteiger partial charge in [0.05, 0.1) is 12.0 Å². The molecule has 1 amide bonds. The molecule has 8 heteroatoms. The largest absolute Gasteiger partial charge is 0.381 e. The number of anilines is 1. The molecule has 0 atom stereocenters. The smallest absolute Gasteiger partial charge is 0.257 e. The lowest BCUT2D eigenvalue weighted by molar-refractivity contribution is 0.0664. The number of piperazine rings is 1. The number of ether oxygens (including phenoxy) is 1. The molecule has 0 aromatic heterocycles. The second-order valence-electron chi connectivity index (χ2n) is 10.5. The maximum absolute atomic E-state index is 14.0. The zero-order chi connectivity index (χ0) is 35.5. The zero-order valence-corrected chi connectivity index (χ0v) is 22.6. The van der Waals surface area contributed by atoms with Crippen molar-refractivity contribution in [2.24, 2.45) is 10.9 Å². The van der Waals surface area contributed by atoms with Crippen LogP contribution in [0.25, 0.3) is 0 Å². The summed E-state index contributed by atoms with van der Waals surface area (Å²) in [6.45, 7) is -3.16. The summed E-state index contributed by atoms with van der Waals surface area (Å²) >= 11 is 0. The molecule has 3 aliphatic heterocycles. The van der Waals surface area contributed by atoms with Crippen LogP contribution in [0.15, 0.2) is 59.6 Å². The number of rotatable bonds is 6. The molecule has 3 aromatic carbocycles. The zero-order valence-electron chi connectivity index (χ0n) is 30.6. The Bertz CT molecular complexity index is 1770. The molecule has 0 saturated carbocycles. The van der Waals surface area contributed by atoms with Crippen molar-refractivity contribution in [2.45, 2.75) is 32.1 Å². The molecule has 2 fully saturated rings. The lowest BCUT2D eigenvalue weighted by atomic mass is 9.89. The van der Waals surface area contributed by atoms with Crippen molar-refractivity contribution in [1.82, 2.24) is 10.2 Å². The normalized spacial score (nSPS) is 25.6. The van der Waals surface area contributed by atoms with Crippen molar-refractivity contribution in [3.05, 3.63) is 99.6 Å². The van der Waals surface area contributed by atoms with E-state index in [1.807, 2.05) is 19.2 Å². The molecule has 6 nitrogen and oxygen atoms in total. The highest BCUT2D eigenvalue weighted by Gasteiger charge is 2.24. The predicted molar refractivity (Wildman–Crippen MR) is 157 cm³/mol. The third kappa shape index (κ3) is 6.49. The summed E-state index contributed by atoms with van der Waals surface area (Å²) in [6.07, 6.45) is -6.23. The fraction of sp³-hybridized carbons (Fsp3) is 0.394. The Morgan fingerprint density at radius 3 is 2.51 bits per heavy atom. The van der Waals surface area contributed by atoms with Gasteiger partial charge in [0.2, 0.25) is 0 Å². The first-order valence-corrected chi connectivity index (χ1v) is 13.6. The lowest BCUT2D eigenvalue weighted by Crippen LogP contribution is -2.44. The number of nitrogens with zero attached hydrogens (tertiary/aromatic N) is 3. The first-order valence-electron chi connectivity index (χ1n) is 17.6. The first-order chi connectivity index (χ1) is 22.9. The van der Waals surface area contributed by atoms with Gasteiger partial charge in [-0.2, -0.15) is 0 Å². The molecule has 214 valence electrons. The summed E-state index contributed by atoms with van der Waals surface area (Å²) in [5.41, 5.74) is 3.60. The van der Waals surface area contributed by atoms with Crippen LogP contribution < -0.4 is 10.2 Å². The number of likely N-dealkylation sites (N-methyl/N-ethyl adjacent to an activating group) is 1. The van der Waals surface area contributed by atoms with E-state index >= 15 is 0 Å². The van der Waals surface area contributed by atoms with Gasteiger partial charge in [-0.1, -0.05) is 12.1 Å². The Labute approximate surface area is 251 Å². The van der Waals surface area contributed by atoms with Gasteiger partial charge in [-0.15, -0.1) is 0 Å². The molecule has 0 spiro atoms. The van der Waals surface area contributed by atoms with Gasteiger partial charge in [-0.05, 0) is 97.2 Å². The fourth-order valence-electron chi connectivity index (χ4n) is 5.39. The van der Waals surface area contributed by atoms with E-state index in [0.717, 1.165) is 30.3 Å². The van der Waals surface area contributed by atoms with E-state index in [2.05, 4.69) is 20.1 Å². The highest BCUT2D eigenvalue weighted by atomic mass is 19.1. The first kappa shape index (κ1) is 19.5. The minimum Gasteiger partial charge on any atom is -0.381 e. The van der Waals surface area contributed by atoms with Crippen LogP contribution in [0.2, 0.25) is 0 Å². The Balaban J connectivity index is 1.32. The molecule has 3 aromatic rings. The topological polar surface area (TPSA) is 57.2 Å². The highest BCUT2D eigenvalue weighted by molar-refractivity contribution is 6.14. The number of halogens is 2. The number of fused-ring (bicyclic) bond motifs is 1. The van der Waals surface area contributed by atoms with Crippen LogP contribution in [0, 0.1) is 17.6 Å². The molecule has 2 saturated heterocycles. The number of amides is 1. The summed E-state index contributed by atoms with van der Waals surface area (Å²) < 4.78 is 99.3. The van der Waals surface area contributed by atoms with Crippen molar-refractivity contribution < 1.29 is 29.3 Å². The van der Waals surface area contributed by atoms with Crippen molar-refractivity contribution in [3.8, 4) is 0 Å². The second kappa shape index (κ2) is 12.1. The van der Waals surface area contributed by atoms with Gasteiger partial charge in [0.1, 0.15) is 17.5 Å². The van der Waals surface area contributed by atoms with E-state index in [-0.39, 0.29) is 29.9 Å². The molecule has 0 radical (unpaired) electrons. The number of nitrogens with one attached hydrogen (secondary N) is 1. The maximum atomic E-state index is 14.0. The predicted octanol–water partition coefficient (Wildman–Crippen LogP) is 4.97. The molecule has 0 bridgehead atoms. The van der Waals surface area contributed by atoms with Gasteiger partial charge in [-0.25, -0.2) is 8.78 Å². The third-order valence-electron chi connectivity index (χ3n) is 7.59. The lowest BCUT2D eigenvalue weighted by Gasteiger charge is -2.34. The van der Waals surface area contributed by atoms with Crippen molar-refractivity contribution >= 4 is 17.4 Å². The summed E-state index contributed by atoms with van der Waals surface area (Å²) in [6, 6.07) is 13.7. The van der Waals surface area contributed by atoms with Crippen molar-refractivity contribution in [2.75, 3.05) is 51.2 Å². The molecule has 1 N–H and O–H groups in total. The number of hydrogen-bond acceptors (Lipinski definition) is 5. The van der Waals surface area contributed by atoms with Gasteiger partial charge < -0.3 is 19.9 Å². The van der Waals surface area contributed by atoms with Crippen LogP contribution >= 0.6 is 0 Å². The molecule has 0 aliphatic carbocycles. The van der Waals surface area contributed by atoms with Crippen molar-refractivity contribution in [3.63, 3.8) is 0 Å². The Kier molecular flexibility index (Phi) is 5.75. The average Bonchev–Trinajstić information content (AvgIpc) is 3.39. The number of hydrogen-bond donors (Lipinski definition) is 1. The Hall–Kier alpha value is -3.62. The fourth-order valence-corrected chi connectivity index (χ4v) is 5.39. The average molecular weight is 567 g/mol. The summed E-state index contributed by atoms with van der Waals surface area (Å²) in [7, 11) is 2.00. The minimum absolute atomic E-state index is 0.0691. The van der Waals surface area contributed by atoms with Crippen molar-refractivity contribution in [1.29, 1.82) is 0 Å². The van der Waals surface area contributed by atoms with Gasteiger partial charge in [0.25, 0.3) is 5.91 Å². The number of amidine groups is 1. The molecule has 0 unspecified atom stereocenters. The minimum atomic E-state index is -3.17. The molecule has 41 heavy (non-hydrogen) atoms. The molecular weight excluding hydrogens is 522 g/mol. The molecule has 3 heterocycles. The third-order valence-corrected chi connectivity index (χ3v) is 7.59. The van der Waals surface area contributed by atoms with E-state index in [1.165, 1.54) is 12.1 Å². The van der Waals surface area contributed by atoms with Gasteiger partial charge in [-0.3, -0.25) is 9.79 Å². The SMILES string of the molecule is [2H]C1([2H])OC([2H])([2H])C([2H])([2H])C(Cc2cc(N3CCN(C)CC3)ccc2C(=O)NC2=NCc3ccc(Cc4cc(F)cc(F)c4)cc32)C1([2H])[2H]. The Morgan fingerprint density at radius 1 is 1.00 bits per heavy atom. The van der Waals surface area contributed by atoms with Crippen LogP contribution in [-0.2, 0) is 24.1 Å². The van der Waals surface area contributed by atoms with Crippen LogP contribution in [0.3, 0.4) is 0 Å². The van der Waals surface area contributed by atoms with Gasteiger partial charge in [0, 0.05) is 67.7 Å². The monoisotopic (exact) mass is 566 g/mol. The number of aliphatic imine (C=N–C) groups is 1. The van der Waals surface area contributed by atoms with Gasteiger partial charge >= 0.3 is 0 Å². The standard InChI is InChI=1S/C33H36F2N4O2/c1-38-8-10-39(11-9-38)29-4-5-30(26(19-29)15-22-6-12-41-13-7-22)33(40)37-32-31-18-23(2-3-25(31)21-36-32)14-24-16-27(34)20-28(35)17-24/h2-5,16-20,22H,6-15,21H2,1H3,(H,36,37,40)/i6D2,7D2,12D2,13D2. The highest BCUT2D eigenvalue weighted by Crippen LogP contribution is 2.28. The van der Waals surface area contributed by atoms with Crippen LogP contribution in [-0.4, -0.2) is 63.0 Å². The van der Waals surface area contributed by atoms with Gasteiger partial charge in [0.15, 0.2) is 0 Å². The summed E-state index contributed by atoms with van der Waals surface area (Å²) in [5, 5.41) is 2.83. The molecule has 3 aliphatic rings. The molecule has 6 rings (SSSR count). The molecular formula is C33H36F2N4O2. The second-order valence-corrected chi connectivity index (χ2v) is 10.5. The van der Waals surface area contributed by atoms with E-state index in [0.29, 0.717) is 29.9 Å². The van der Waals surface area contributed by atoms with Crippen LogP contribution in [0.5, 0.6) is 0 Å².